The Kier molecular flexibility index (Phi) is 6.43. The van der Waals surface area contributed by atoms with Gasteiger partial charge in [-0.25, -0.2) is 0 Å². The van der Waals surface area contributed by atoms with Crippen molar-refractivity contribution in [3.05, 3.63) is 46.2 Å². The van der Waals surface area contributed by atoms with Crippen molar-refractivity contribution in [2.24, 2.45) is 0 Å². The van der Waals surface area contributed by atoms with Gasteiger partial charge >= 0.3 is 0 Å². The molecule has 0 atom stereocenters. The van der Waals surface area contributed by atoms with Gasteiger partial charge in [-0.05, 0) is 34.5 Å². The van der Waals surface area contributed by atoms with E-state index in [1.807, 2.05) is 16.8 Å². The number of carbonyl (C=O) groups excluding carboxylic acids is 1. The van der Waals surface area contributed by atoms with E-state index in [0.29, 0.717) is 36.8 Å². The van der Waals surface area contributed by atoms with Crippen molar-refractivity contribution >= 4 is 17.2 Å². The highest BCUT2D eigenvalue weighted by molar-refractivity contribution is 7.07. The van der Waals surface area contributed by atoms with Crippen LogP contribution >= 0.6 is 11.3 Å². The highest BCUT2D eigenvalue weighted by atomic mass is 32.1. The number of methoxy groups -OCH3 is 3. The molecule has 1 amide bonds. The summed E-state index contributed by atoms with van der Waals surface area (Å²) < 4.78 is 15.6. The van der Waals surface area contributed by atoms with Crippen LogP contribution in [0.5, 0.6) is 11.5 Å². The number of rotatable bonds is 8. The van der Waals surface area contributed by atoms with E-state index in [4.69, 9.17) is 14.2 Å². The van der Waals surface area contributed by atoms with Crippen LogP contribution in [-0.2, 0) is 11.3 Å². The zero-order valence-corrected chi connectivity index (χ0v) is 14.4. The maximum atomic E-state index is 12.9. The maximum Gasteiger partial charge on any atom is 0.258 e. The molecule has 0 bridgehead atoms. The van der Waals surface area contributed by atoms with Gasteiger partial charge in [0.2, 0.25) is 0 Å². The molecule has 0 saturated heterocycles. The summed E-state index contributed by atoms with van der Waals surface area (Å²) in [5.41, 5.74) is 1.62. The Hall–Kier alpha value is -2.05. The molecule has 5 nitrogen and oxygen atoms in total. The third-order valence-electron chi connectivity index (χ3n) is 3.45. The number of carbonyl (C=O) groups is 1. The third-order valence-corrected chi connectivity index (χ3v) is 4.18. The van der Waals surface area contributed by atoms with E-state index < -0.39 is 0 Å². The number of nitrogens with zero attached hydrogens (tertiary/aromatic N) is 1. The zero-order chi connectivity index (χ0) is 16.7. The predicted octanol–water partition coefficient (Wildman–Crippen LogP) is 3.05. The number of hydrogen-bond donors (Lipinski definition) is 0. The molecule has 0 aliphatic heterocycles. The van der Waals surface area contributed by atoms with Gasteiger partial charge in [-0.2, -0.15) is 11.3 Å². The maximum absolute atomic E-state index is 12.9. The highest BCUT2D eigenvalue weighted by Crippen LogP contribution is 2.26. The van der Waals surface area contributed by atoms with Crippen molar-refractivity contribution in [3.63, 3.8) is 0 Å². The first-order chi connectivity index (χ1) is 11.2. The van der Waals surface area contributed by atoms with Gasteiger partial charge in [0.15, 0.2) is 0 Å². The van der Waals surface area contributed by atoms with Gasteiger partial charge in [0, 0.05) is 26.3 Å². The fraction of sp³-hybridized carbons (Fsp3) is 0.353. The lowest BCUT2D eigenvalue weighted by Crippen LogP contribution is -2.33. The smallest absolute Gasteiger partial charge is 0.258 e. The van der Waals surface area contributed by atoms with E-state index in [2.05, 4.69) is 0 Å². The summed E-state index contributed by atoms with van der Waals surface area (Å²) in [6, 6.07) is 7.22. The average Bonchev–Trinajstić information content (AvgIpc) is 3.10. The Morgan fingerprint density at radius 3 is 2.61 bits per heavy atom. The van der Waals surface area contributed by atoms with E-state index in [1.54, 1.807) is 55.8 Å². The van der Waals surface area contributed by atoms with Crippen molar-refractivity contribution in [1.82, 2.24) is 4.90 Å². The van der Waals surface area contributed by atoms with Crippen molar-refractivity contribution in [2.45, 2.75) is 6.54 Å². The topological polar surface area (TPSA) is 48.0 Å². The van der Waals surface area contributed by atoms with E-state index in [1.165, 1.54) is 0 Å². The minimum atomic E-state index is -0.0900. The van der Waals surface area contributed by atoms with Gasteiger partial charge in [-0.1, -0.05) is 0 Å². The minimum Gasteiger partial charge on any atom is -0.497 e. The lowest BCUT2D eigenvalue weighted by atomic mass is 10.1. The Morgan fingerprint density at radius 1 is 1.17 bits per heavy atom. The Balaban J connectivity index is 2.25. The molecule has 2 aromatic rings. The average molecular weight is 335 g/mol. The quantitative estimate of drug-likeness (QED) is 0.744. The number of thiophene rings is 1. The summed E-state index contributed by atoms with van der Waals surface area (Å²) >= 11 is 1.62. The van der Waals surface area contributed by atoms with Crippen molar-refractivity contribution < 1.29 is 19.0 Å². The Labute approximate surface area is 140 Å². The Morgan fingerprint density at radius 2 is 2.00 bits per heavy atom. The first-order valence-corrected chi connectivity index (χ1v) is 8.15. The first kappa shape index (κ1) is 17.3. The molecule has 0 radical (unpaired) electrons. The zero-order valence-electron chi connectivity index (χ0n) is 13.6. The van der Waals surface area contributed by atoms with Gasteiger partial charge in [-0.15, -0.1) is 0 Å². The summed E-state index contributed by atoms with van der Waals surface area (Å²) in [7, 11) is 4.75. The van der Waals surface area contributed by atoms with Crippen molar-refractivity contribution in [1.29, 1.82) is 0 Å². The lowest BCUT2D eigenvalue weighted by molar-refractivity contribution is 0.0677. The molecule has 2 rings (SSSR count). The molecule has 23 heavy (non-hydrogen) atoms. The molecule has 1 aromatic carbocycles. The summed E-state index contributed by atoms with van der Waals surface area (Å²) in [4.78, 5) is 14.7. The summed E-state index contributed by atoms with van der Waals surface area (Å²) in [6.45, 7) is 1.54. The number of benzene rings is 1. The Bertz CT molecular complexity index is 628. The lowest BCUT2D eigenvalue weighted by Gasteiger charge is -2.23. The minimum absolute atomic E-state index is 0.0900. The van der Waals surface area contributed by atoms with Crippen LogP contribution in [0.4, 0.5) is 0 Å². The molecule has 0 unspecified atom stereocenters. The molecule has 1 aromatic heterocycles. The van der Waals surface area contributed by atoms with E-state index in [-0.39, 0.29) is 5.91 Å². The molecule has 1 heterocycles. The van der Waals surface area contributed by atoms with Crippen LogP contribution in [0, 0.1) is 0 Å². The summed E-state index contributed by atoms with van der Waals surface area (Å²) in [6.07, 6.45) is 0. The number of hydrogen-bond acceptors (Lipinski definition) is 5. The highest BCUT2D eigenvalue weighted by Gasteiger charge is 2.20. The molecule has 124 valence electrons. The van der Waals surface area contributed by atoms with Crippen LogP contribution in [0.2, 0.25) is 0 Å². The van der Waals surface area contributed by atoms with E-state index in [9.17, 15) is 4.79 Å². The second-order valence-electron chi connectivity index (χ2n) is 4.92. The van der Waals surface area contributed by atoms with E-state index in [0.717, 1.165) is 5.56 Å². The largest absolute Gasteiger partial charge is 0.497 e. The van der Waals surface area contributed by atoms with Crippen LogP contribution in [0.15, 0.2) is 35.0 Å². The number of amides is 1. The SMILES string of the molecule is COCCN(Cc1ccsc1)C(=O)c1ccc(OC)cc1OC. The molecule has 0 saturated carbocycles. The summed E-state index contributed by atoms with van der Waals surface area (Å²) in [5, 5.41) is 4.04. The second kappa shape index (κ2) is 8.55. The monoisotopic (exact) mass is 335 g/mol. The van der Waals surface area contributed by atoms with Gasteiger partial charge < -0.3 is 19.1 Å². The van der Waals surface area contributed by atoms with Crippen LogP contribution in [-0.4, -0.2) is 45.3 Å². The van der Waals surface area contributed by atoms with Crippen molar-refractivity contribution in [3.8, 4) is 11.5 Å². The number of ether oxygens (including phenoxy) is 3. The summed E-state index contributed by atoms with van der Waals surface area (Å²) in [5.74, 6) is 1.06. The van der Waals surface area contributed by atoms with Crippen LogP contribution in [0.3, 0.4) is 0 Å². The van der Waals surface area contributed by atoms with E-state index >= 15 is 0 Å². The molecule has 6 heteroatoms. The fourth-order valence-electron chi connectivity index (χ4n) is 2.20. The van der Waals surface area contributed by atoms with Gasteiger partial charge in [0.05, 0.1) is 26.4 Å². The molecule has 0 aliphatic carbocycles. The van der Waals surface area contributed by atoms with Crippen LogP contribution in [0.25, 0.3) is 0 Å². The second-order valence-corrected chi connectivity index (χ2v) is 5.70. The first-order valence-electron chi connectivity index (χ1n) is 7.21. The predicted molar refractivity (Wildman–Crippen MR) is 90.5 cm³/mol. The third kappa shape index (κ3) is 4.46. The van der Waals surface area contributed by atoms with Crippen LogP contribution in [0.1, 0.15) is 15.9 Å². The van der Waals surface area contributed by atoms with Crippen LogP contribution < -0.4 is 9.47 Å². The fourth-order valence-corrected chi connectivity index (χ4v) is 2.86. The molecular formula is C17H21NO4S. The van der Waals surface area contributed by atoms with Gasteiger partial charge in [-0.3, -0.25) is 4.79 Å². The molecule has 0 spiro atoms. The van der Waals surface area contributed by atoms with Gasteiger partial charge in [0.25, 0.3) is 5.91 Å². The molecular weight excluding hydrogens is 314 g/mol. The normalized spacial score (nSPS) is 10.4. The molecule has 0 aliphatic rings. The standard InChI is InChI=1S/C17H21NO4S/c1-20-8-7-18(11-13-6-9-23-12-13)17(19)15-5-4-14(21-2)10-16(15)22-3/h4-6,9-10,12H,7-8,11H2,1-3H3. The van der Waals surface area contributed by atoms with Crippen molar-refractivity contribution in [2.75, 3.05) is 34.5 Å². The van der Waals surface area contributed by atoms with Gasteiger partial charge in [0.1, 0.15) is 11.5 Å². The molecule has 0 fully saturated rings. The molecule has 0 N–H and O–H groups in total.